The van der Waals surface area contributed by atoms with Gasteiger partial charge in [0, 0.05) is 30.7 Å². The molecule has 2 aliphatic rings. The third-order valence-electron chi connectivity index (χ3n) is 5.28. The molecule has 1 unspecified atom stereocenters. The van der Waals surface area contributed by atoms with E-state index in [0.29, 0.717) is 12.6 Å². The molecule has 0 bridgehead atoms. The highest BCUT2D eigenvalue weighted by Crippen LogP contribution is 2.37. The molecule has 3 aromatic rings. The first-order valence-corrected chi connectivity index (χ1v) is 10.00. The van der Waals surface area contributed by atoms with Crippen molar-refractivity contribution in [2.75, 3.05) is 32.1 Å². The Labute approximate surface area is 156 Å². The van der Waals surface area contributed by atoms with Gasteiger partial charge in [-0.1, -0.05) is 18.2 Å². The summed E-state index contributed by atoms with van der Waals surface area (Å²) in [6.07, 6.45) is 6.77. The summed E-state index contributed by atoms with van der Waals surface area (Å²) in [7, 11) is 1.93. The second kappa shape index (κ2) is 6.45. The molecule has 1 N–H and O–H groups in total. The summed E-state index contributed by atoms with van der Waals surface area (Å²) < 4.78 is 8.11. The summed E-state index contributed by atoms with van der Waals surface area (Å²) in [6, 6.07) is 8.64. The Hall–Kier alpha value is -2.31. The van der Waals surface area contributed by atoms with Gasteiger partial charge in [0.2, 0.25) is 5.95 Å². The molecule has 0 aliphatic carbocycles. The van der Waals surface area contributed by atoms with Gasteiger partial charge in [-0.3, -0.25) is 9.30 Å². The predicted octanol–water partition coefficient (Wildman–Crippen LogP) is 4.05. The van der Waals surface area contributed by atoms with Crippen LogP contribution < -0.4 is 10.1 Å². The molecule has 0 spiro atoms. The van der Waals surface area contributed by atoms with Crippen LogP contribution in [0.1, 0.15) is 30.1 Å². The molecule has 0 amide bonds. The Kier molecular flexibility index (Phi) is 3.94. The predicted molar refractivity (Wildman–Crippen MR) is 106 cm³/mol. The van der Waals surface area contributed by atoms with Crippen molar-refractivity contribution >= 4 is 28.2 Å². The van der Waals surface area contributed by atoms with Gasteiger partial charge in [-0.25, -0.2) is 4.98 Å². The molecular weight excluding hydrogens is 344 g/mol. The number of thiazole rings is 1. The number of hydrogen-bond acceptors (Lipinski definition) is 5. The third kappa shape index (κ3) is 2.61. The van der Waals surface area contributed by atoms with Crippen molar-refractivity contribution in [1.82, 2.24) is 14.3 Å². The van der Waals surface area contributed by atoms with E-state index in [2.05, 4.69) is 44.4 Å². The van der Waals surface area contributed by atoms with Crippen molar-refractivity contribution in [2.45, 2.75) is 18.9 Å². The Balaban J connectivity index is 1.43. The summed E-state index contributed by atoms with van der Waals surface area (Å²) in [5.41, 5.74) is 3.73. The number of benzene rings is 1. The summed E-state index contributed by atoms with van der Waals surface area (Å²) >= 11 is 1.77. The second-order valence-corrected chi connectivity index (χ2v) is 7.80. The summed E-state index contributed by atoms with van der Waals surface area (Å²) in [6.45, 7) is 2.74. The van der Waals surface area contributed by atoms with Gasteiger partial charge < -0.3 is 10.1 Å². The van der Waals surface area contributed by atoms with Crippen molar-refractivity contribution in [1.29, 1.82) is 0 Å². The number of hydrogen-bond donors (Lipinski definition) is 1. The Morgan fingerprint density at radius 3 is 3.19 bits per heavy atom. The molecule has 6 heteroatoms. The largest absolute Gasteiger partial charge is 0.489 e. The summed E-state index contributed by atoms with van der Waals surface area (Å²) in [4.78, 5) is 8.71. The Morgan fingerprint density at radius 2 is 2.27 bits per heavy atom. The van der Waals surface area contributed by atoms with Gasteiger partial charge in [-0.05, 0) is 37.1 Å². The number of ether oxygens (including phenoxy) is 1. The molecule has 0 saturated carbocycles. The first-order valence-electron chi connectivity index (χ1n) is 9.12. The highest BCUT2D eigenvalue weighted by Gasteiger charge is 2.31. The average molecular weight is 366 g/mol. The molecule has 26 heavy (non-hydrogen) atoms. The quantitative estimate of drug-likeness (QED) is 0.756. The van der Waals surface area contributed by atoms with E-state index in [1.54, 1.807) is 11.3 Å². The highest BCUT2D eigenvalue weighted by molar-refractivity contribution is 7.15. The van der Waals surface area contributed by atoms with Crippen LogP contribution in [0.3, 0.4) is 0 Å². The fourth-order valence-corrected chi connectivity index (χ4v) is 4.96. The van der Waals surface area contributed by atoms with Crippen LogP contribution in [0.2, 0.25) is 0 Å². The number of nitrogens with one attached hydrogen (secondary N) is 1. The molecule has 1 saturated heterocycles. The van der Waals surface area contributed by atoms with Crippen LogP contribution >= 0.6 is 11.3 Å². The number of anilines is 1. The zero-order valence-electron chi connectivity index (χ0n) is 14.8. The highest BCUT2D eigenvalue weighted by atomic mass is 32.1. The maximum atomic E-state index is 5.94. The van der Waals surface area contributed by atoms with E-state index >= 15 is 0 Å². The number of fused-ring (bicyclic) bond motifs is 2. The van der Waals surface area contributed by atoms with Crippen molar-refractivity contribution < 1.29 is 4.74 Å². The molecular formula is C20H22N4OS. The standard InChI is InChI=1S/C20H22N4OS/c1-21-20-22-18(19-24(20)9-10-26-19)16-6-4-8-23(16)12-14-11-15-5-2-3-7-17(15)25-13-14/h2-3,5,7,9-11,16H,4,6,8,12-13H2,1H3,(H,21,22). The number of para-hydroxylation sites is 1. The molecule has 0 radical (unpaired) electrons. The van der Waals surface area contributed by atoms with Crippen LogP contribution in [0.4, 0.5) is 5.95 Å². The number of aromatic nitrogens is 2. The van der Waals surface area contributed by atoms with Gasteiger partial charge in [0.25, 0.3) is 0 Å². The van der Waals surface area contributed by atoms with Crippen LogP contribution in [0, 0.1) is 0 Å². The first-order chi connectivity index (χ1) is 12.8. The molecule has 1 aromatic carbocycles. The van der Waals surface area contributed by atoms with Crippen LogP contribution in [-0.4, -0.2) is 41.0 Å². The number of imidazole rings is 1. The van der Waals surface area contributed by atoms with E-state index in [0.717, 1.165) is 24.8 Å². The lowest BCUT2D eigenvalue weighted by Gasteiger charge is -2.26. The molecule has 1 atom stereocenters. The zero-order valence-corrected chi connectivity index (χ0v) is 15.6. The van der Waals surface area contributed by atoms with Crippen LogP contribution in [0.25, 0.3) is 10.9 Å². The number of nitrogens with zero attached hydrogens (tertiary/aromatic N) is 3. The zero-order chi connectivity index (χ0) is 17.5. The normalized spacial score (nSPS) is 20.0. The summed E-state index contributed by atoms with van der Waals surface area (Å²) in [5.74, 6) is 1.92. The number of rotatable bonds is 4. The van der Waals surface area contributed by atoms with Crippen molar-refractivity contribution in [3.05, 3.63) is 52.7 Å². The van der Waals surface area contributed by atoms with E-state index in [4.69, 9.17) is 9.72 Å². The molecule has 134 valence electrons. The van der Waals surface area contributed by atoms with E-state index in [-0.39, 0.29) is 0 Å². The van der Waals surface area contributed by atoms with Crippen molar-refractivity contribution in [3.63, 3.8) is 0 Å². The average Bonchev–Trinajstić information content (AvgIpc) is 3.38. The fraction of sp³-hybridized carbons (Fsp3) is 0.350. The molecule has 5 rings (SSSR count). The van der Waals surface area contributed by atoms with Gasteiger partial charge in [-0.2, -0.15) is 0 Å². The third-order valence-corrected chi connectivity index (χ3v) is 6.17. The second-order valence-electron chi connectivity index (χ2n) is 6.91. The topological polar surface area (TPSA) is 41.8 Å². The van der Waals surface area contributed by atoms with E-state index < -0.39 is 0 Å². The van der Waals surface area contributed by atoms with Crippen LogP contribution in [0.5, 0.6) is 5.75 Å². The summed E-state index contributed by atoms with van der Waals surface area (Å²) in [5, 5.41) is 5.35. The minimum Gasteiger partial charge on any atom is -0.489 e. The minimum atomic E-state index is 0.379. The van der Waals surface area contributed by atoms with Gasteiger partial charge in [0.15, 0.2) is 0 Å². The minimum absolute atomic E-state index is 0.379. The molecule has 4 heterocycles. The fourth-order valence-electron chi connectivity index (χ4n) is 4.08. The van der Waals surface area contributed by atoms with E-state index in [9.17, 15) is 0 Å². The maximum Gasteiger partial charge on any atom is 0.208 e. The van der Waals surface area contributed by atoms with Gasteiger partial charge >= 0.3 is 0 Å². The molecule has 2 aliphatic heterocycles. The van der Waals surface area contributed by atoms with Crippen LogP contribution in [0.15, 0.2) is 41.4 Å². The van der Waals surface area contributed by atoms with Gasteiger partial charge in [0.05, 0.1) is 11.7 Å². The van der Waals surface area contributed by atoms with Crippen LogP contribution in [-0.2, 0) is 0 Å². The first kappa shape index (κ1) is 15.9. The lowest BCUT2D eigenvalue weighted by Crippen LogP contribution is -2.28. The monoisotopic (exact) mass is 366 g/mol. The Bertz CT molecular complexity index is 973. The SMILES string of the molecule is CNc1nc(C2CCCN2CC2=Cc3ccccc3OC2)c2sccn12. The lowest BCUT2D eigenvalue weighted by molar-refractivity contribution is 0.258. The molecule has 5 nitrogen and oxygen atoms in total. The van der Waals surface area contributed by atoms with Gasteiger partial charge in [-0.15, -0.1) is 11.3 Å². The molecule has 2 aromatic heterocycles. The number of likely N-dealkylation sites (tertiary alicyclic amines) is 1. The lowest BCUT2D eigenvalue weighted by atomic mass is 10.1. The van der Waals surface area contributed by atoms with Crippen molar-refractivity contribution in [3.8, 4) is 5.75 Å². The smallest absolute Gasteiger partial charge is 0.208 e. The Morgan fingerprint density at radius 1 is 1.35 bits per heavy atom. The maximum absolute atomic E-state index is 5.94. The van der Waals surface area contributed by atoms with E-state index in [1.165, 1.54) is 34.5 Å². The van der Waals surface area contributed by atoms with E-state index in [1.807, 2.05) is 19.2 Å². The van der Waals surface area contributed by atoms with Crippen molar-refractivity contribution in [2.24, 2.45) is 0 Å². The molecule has 1 fully saturated rings. The van der Waals surface area contributed by atoms with Gasteiger partial charge in [0.1, 0.15) is 17.2 Å².